The number of hydrogen-bond acceptors (Lipinski definition) is 2. The summed E-state index contributed by atoms with van der Waals surface area (Å²) >= 11 is 0. The highest BCUT2D eigenvalue weighted by molar-refractivity contribution is 6.05. The van der Waals surface area contributed by atoms with Gasteiger partial charge in [-0.2, -0.15) is 13.2 Å². The monoisotopic (exact) mass is 255 g/mol. The molecule has 0 amide bonds. The van der Waals surface area contributed by atoms with E-state index < -0.39 is 12.1 Å². The van der Waals surface area contributed by atoms with Crippen molar-refractivity contribution < 1.29 is 22.8 Å². The van der Waals surface area contributed by atoms with Crippen LogP contribution in [0.25, 0.3) is 10.9 Å². The number of hydrogen-bond donors (Lipinski definition) is 0. The fourth-order valence-corrected chi connectivity index (χ4v) is 1.93. The molecule has 2 rings (SSSR count). The summed E-state index contributed by atoms with van der Waals surface area (Å²) in [5, 5.41) is 0.336. The second kappa shape index (κ2) is 3.97. The molecule has 1 heterocycles. The van der Waals surface area contributed by atoms with Crippen molar-refractivity contribution in [2.24, 2.45) is 0 Å². The van der Waals surface area contributed by atoms with E-state index in [0.29, 0.717) is 16.2 Å². The molecule has 0 aliphatic rings. The van der Waals surface area contributed by atoms with Crippen LogP contribution >= 0.6 is 0 Å². The molecule has 0 aliphatic heterocycles. The summed E-state index contributed by atoms with van der Waals surface area (Å²) in [5.41, 5.74) is 0.177. The maximum Gasteiger partial charge on any atom is 0.472 e. The van der Waals surface area contributed by atoms with Crippen molar-refractivity contribution in [2.45, 2.75) is 13.1 Å². The lowest BCUT2D eigenvalue weighted by molar-refractivity contribution is -0.0944. The first kappa shape index (κ1) is 12.3. The number of benzene rings is 1. The van der Waals surface area contributed by atoms with Crippen molar-refractivity contribution in [1.29, 1.82) is 0 Å². The van der Waals surface area contributed by atoms with E-state index in [-0.39, 0.29) is 16.8 Å². The maximum atomic E-state index is 12.5. The highest BCUT2D eigenvalue weighted by Gasteiger charge is 2.41. The molecule has 1 aromatic carbocycles. The molecule has 0 unspecified atom stereocenters. The predicted molar refractivity (Wildman–Crippen MR) is 58.7 cm³/mol. The number of carbonyl (C=O) groups excluding carboxylic acids is 2. The van der Waals surface area contributed by atoms with E-state index in [1.807, 2.05) is 0 Å². The average molecular weight is 255 g/mol. The van der Waals surface area contributed by atoms with Crippen LogP contribution in [0.15, 0.2) is 24.3 Å². The van der Waals surface area contributed by atoms with Gasteiger partial charge >= 0.3 is 12.1 Å². The zero-order valence-electron chi connectivity index (χ0n) is 9.28. The largest absolute Gasteiger partial charge is 0.472 e. The first-order valence-corrected chi connectivity index (χ1v) is 5.04. The molecule has 1 aromatic heterocycles. The van der Waals surface area contributed by atoms with Gasteiger partial charge in [0.15, 0.2) is 6.29 Å². The minimum Gasteiger partial charge on any atom is -0.298 e. The quantitative estimate of drug-likeness (QED) is 0.735. The topological polar surface area (TPSA) is 39.1 Å². The fraction of sp³-hybridized carbons (Fsp3) is 0.167. The minimum atomic E-state index is -4.98. The summed E-state index contributed by atoms with van der Waals surface area (Å²) in [6.45, 7) is 1.31. The Labute approximate surface area is 99.8 Å². The van der Waals surface area contributed by atoms with Crippen molar-refractivity contribution in [2.75, 3.05) is 0 Å². The first-order chi connectivity index (χ1) is 8.38. The fourth-order valence-electron chi connectivity index (χ4n) is 1.93. The Balaban J connectivity index is 2.83. The van der Waals surface area contributed by atoms with Crippen molar-refractivity contribution in [1.82, 2.24) is 4.57 Å². The molecule has 3 nitrogen and oxygen atoms in total. The second-order valence-electron chi connectivity index (χ2n) is 3.77. The van der Waals surface area contributed by atoms with Crippen LogP contribution < -0.4 is 0 Å². The number of alkyl halides is 3. The van der Waals surface area contributed by atoms with E-state index in [9.17, 15) is 22.8 Å². The van der Waals surface area contributed by atoms with Gasteiger partial charge in [0, 0.05) is 16.6 Å². The molecule has 0 aliphatic carbocycles. The summed E-state index contributed by atoms with van der Waals surface area (Å²) in [6.07, 6.45) is -4.52. The normalized spacial score (nSPS) is 11.8. The van der Waals surface area contributed by atoms with Gasteiger partial charge in [-0.05, 0) is 13.0 Å². The molecular formula is C12H8F3NO2. The number of para-hydroxylation sites is 1. The van der Waals surface area contributed by atoms with Gasteiger partial charge < -0.3 is 0 Å². The molecule has 0 saturated heterocycles. The molecule has 0 saturated carbocycles. The second-order valence-corrected chi connectivity index (χ2v) is 3.77. The van der Waals surface area contributed by atoms with Crippen molar-refractivity contribution in [3.63, 3.8) is 0 Å². The summed E-state index contributed by atoms with van der Waals surface area (Å²) in [7, 11) is 0. The zero-order valence-corrected chi connectivity index (χ0v) is 9.28. The Morgan fingerprint density at radius 3 is 2.44 bits per heavy atom. The predicted octanol–water partition coefficient (Wildman–Crippen LogP) is 2.96. The van der Waals surface area contributed by atoms with E-state index in [1.54, 1.807) is 6.07 Å². The SMILES string of the molecule is Cc1c(C=O)c2ccccc2n1C(=O)C(F)(F)F. The van der Waals surface area contributed by atoms with Gasteiger partial charge in [0.05, 0.1) is 5.52 Å². The summed E-state index contributed by atoms with van der Waals surface area (Å²) in [5.74, 6) is -2.00. The molecule has 2 aromatic rings. The Morgan fingerprint density at radius 2 is 1.89 bits per heavy atom. The van der Waals surface area contributed by atoms with Crippen LogP contribution in [-0.4, -0.2) is 22.9 Å². The van der Waals surface area contributed by atoms with E-state index >= 15 is 0 Å². The third-order valence-electron chi connectivity index (χ3n) is 2.72. The Hall–Kier alpha value is -2.11. The molecular weight excluding hydrogens is 247 g/mol. The van der Waals surface area contributed by atoms with Crippen LogP contribution in [0.4, 0.5) is 13.2 Å². The molecule has 0 N–H and O–H groups in total. The van der Waals surface area contributed by atoms with Gasteiger partial charge in [0.2, 0.25) is 0 Å². The Kier molecular flexibility index (Phi) is 2.73. The molecule has 0 fully saturated rings. The van der Waals surface area contributed by atoms with Crippen molar-refractivity contribution in [3.05, 3.63) is 35.5 Å². The zero-order chi connectivity index (χ0) is 13.5. The lowest BCUT2D eigenvalue weighted by Crippen LogP contribution is -2.29. The molecule has 0 atom stereocenters. The molecule has 6 heteroatoms. The Bertz CT molecular complexity index is 641. The lowest BCUT2D eigenvalue weighted by Gasteiger charge is -2.09. The molecule has 0 spiro atoms. The van der Waals surface area contributed by atoms with Crippen LogP contribution in [0, 0.1) is 6.92 Å². The van der Waals surface area contributed by atoms with Crippen LogP contribution in [0.1, 0.15) is 20.8 Å². The van der Waals surface area contributed by atoms with E-state index in [1.165, 1.54) is 25.1 Å². The third kappa shape index (κ3) is 1.70. The summed E-state index contributed by atoms with van der Waals surface area (Å²) in [4.78, 5) is 22.3. The van der Waals surface area contributed by atoms with E-state index in [0.717, 1.165) is 0 Å². The molecule has 0 bridgehead atoms. The maximum absolute atomic E-state index is 12.5. The van der Waals surface area contributed by atoms with Gasteiger partial charge in [-0.3, -0.25) is 14.2 Å². The smallest absolute Gasteiger partial charge is 0.298 e. The summed E-state index contributed by atoms with van der Waals surface area (Å²) < 4.78 is 38.0. The molecule has 94 valence electrons. The van der Waals surface area contributed by atoms with E-state index in [2.05, 4.69) is 0 Å². The standard InChI is InChI=1S/C12H8F3NO2/c1-7-9(6-17)8-4-2-3-5-10(8)16(7)11(18)12(13,14)15/h2-6H,1H3. The minimum absolute atomic E-state index is 0.00600. The number of nitrogens with zero attached hydrogens (tertiary/aromatic N) is 1. The van der Waals surface area contributed by atoms with E-state index in [4.69, 9.17) is 0 Å². The number of aromatic nitrogens is 1. The summed E-state index contributed by atoms with van der Waals surface area (Å²) in [6, 6.07) is 5.99. The van der Waals surface area contributed by atoms with Crippen LogP contribution in [0.5, 0.6) is 0 Å². The van der Waals surface area contributed by atoms with Gasteiger partial charge in [0.1, 0.15) is 0 Å². The van der Waals surface area contributed by atoms with Gasteiger partial charge in [0.25, 0.3) is 0 Å². The lowest BCUT2D eigenvalue weighted by atomic mass is 10.1. The van der Waals surface area contributed by atoms with Gasteiger partial charge in [-0.15, -0.1) is 0 Å². The highest BCUT2D eigenvalue weighted by atomic mass is 19.4. The number of fused-ring (bicyclic) bond motifs is 1. The average Bonchev–Trinajstić information content (AvgIpc) is 2.58. The molecule has 18 heavy (non-hydrogen) atoms. The number of aldehydes is 1. The van der Waals surface area contributed by atoms with Gasteiger partial charge in [-0.25, -0.2) is 0 Å². The number of rotatable bonds is 1. The third-order valence-corrected chi connectivity index (χ3v) is 2.72. The van der Waals surface area contributed by atoms with Crippen LogP contribution in [0.2, 0.25) is 0 Å². The molecule has 0 radical (unpaired) electrons. The highest BCUT2D eigenvalue weighted by Crippen LogP contribution is 2.28. The Morgan fingerprint density at radius 1 is 1.28 bits per heavy atom. The van der Waals surface area contributed by atoms with Crippen LogP contribution in [-0.2, 0) is 0 Å². The number of halogens is 3. The van der Waals surface area contributed by atoms with Gasteiger partial charge in [-0.1, -0.05) is 18.2 Å². The van der Waals surface area contributed by atoms with Crippen LogP contribution in [0.3, 0.4) is 0 Å². The van der Waals surface area contributed by atoms with Crippen molar-refractivity contribution in [3.8, 4) is 0 Å². The first-order valence-electron chi connectivity index (χ1n) is 5.04. The van der Waals surface area contributed by atoms with Crippen molar-refractivity contribution >= 4 is 23.1 Å². The number of carbonyl (C=O) groups is 2.